The minimum absolute atomic E-state index is 0.360. The summed E-state index contributed by atoms with van der Waals surface area (Å²) in [5.74, 6) is -0.748. The van der Waals surface area contributed by atoms with Crippen molar-refractivity contribution in [2.75, 3.05) is 11.4 Å². The summed E-state index contributed by atoms with van der Waals surface area (Å²) in [7, 11) is 0. The van der Waals surface area contributed by atoms with E-state index in [2.05, 4.69) is 0 Å². The Hall–Kier alpha value is -2.13. The summed E-state index contributed by atoms with van der Waals surface area (Å²) < 4.78 is 0. The van der Waals surface area contributed by atoms with E-state index < -0.39 is 4.87 Å². The predicted molar refractivity (Wildman–Crippen MR) is 82.8 cm³/mol. The molecule has 1 aliphatic heterocycles. The molecule has 1 atom stereocenters. The number of anilines is 1. The third-order valence-corrected chi connectivity index (χ3v) is 4.33. The zero-order valence-corrected chi connectivity index (χ0v) is 12.3. The molecule has 3 rings (SSSR count). The molecule has 3 nitrogen and oxygen atoms in total. The maximum atomic E-state index is 12.8. The summed E-state index contributed by atoms with van der Waals surface area (Å²) in [4.78, 5) is 25.5. The topological polar surface area (TPSA) is 37.4 Å². The highest BCUT2D eigenvalue weighted by Gasteiger charge is 2.52. The van der Waals surface area contributed by atoms with Crippen LogP contribution in [0.25, 0.3) is 0 Å². The van der Waals surface area contributed by atoms with Crippen LogP contribution >= 0.6 is 11.6 Å². The highest BCUT2D eigenvalue weighted by Crippen LogP contribution is 2.42. The van der Waals surface area contributed by atoms with Crippen LogP contribution in [0.5, 0.6) is 0 Å². The number of hydrogen-bond acceptors (Lipinski definition) is 2. The molecule has 1 unspecified atom stereocenters. The molecule has 0 saturated heterocycles. The number of alkyl halides is 1. The molecule has 0 radical (unpaired) electrons. The fraction of sp³-hybridized carbons (Fsp3) is 0.176. The second-order valence-corrected chi connectivity index (χ2v) is 5.49. The van der Waals surface area contributed by atoms with Gasteiger partial charge in [-0.3, -0.25) is 9.59 Å². The molecule has 0 spiro atoms. The quantitative estimate of drug-likeness (QED) is 0.630. The molecule has 2 aromatic carbocycles. The van der Waals surface area contributed by atoms with Gasteiger partial charge >= 0.3 is 0 Å². The number of ketones is 1. The van der Waals surface area contributed by atoms with Gasteiger partial charge in [0.2, 0.25) is 4.87 Å². The first kappa shape index (κ1) is 13.8. The Bertz CT molecular complexity index is 714. The van der Waals surface area contributed by atoms with Crippen molar-refractivity contribution in [1.82, 2.24) is 0 Å². The van der Waals surface area contributed by atoms with Gasteiger partial charge in [0, 0.05) is 12.1 Å². The van der Waals surface area contributed by atoms with E-state index in [1.54, 1.807) is 47.4 Å². The van der Waals surface area contributed by atoms with Gasteiger partial charge in [-0.2, -0.15) is 0 Å². The van der Waals surface area contributed by atoms with Gasteiger partial charge in [0.05, 0.1) is 5.69 Å². The molecule has 1 aliphatic rings. The SMILES string of the molecule is CCN1C(=O)C(Cl)(c2ccccc2)C(=O)c2ccccc21. The van der Waals surface area contributed by atoms with E-state index in [0.717, 1.165) is 0 Å². The Morgan fingerprint density at radius 3 is 2.29 bits per heavy atom. The van der Waals surface area contributed by atoms with Gasteiger partial charge in [0.25, 0.3) is 5.91 Å². The average molecular weight is 300 g/mol. The van der Waals surface area contributed by atoms with Gasteiger partial charge in [-0.15, -0.1) is 0 Å². The van der Waals surface area contributed by atoms with Crippen molar-refractivity contribution in [1.29, 1.82) is 0 Å². The second-order valence-electron chi connectivity index (χ2n) is 4.92. The lowest BCUT2D eigenvalue weighted by atomic mass is 9.84. The van der Waals surface area contributed by atoms with E-state index in [4.69, 9.17) is 11.6 Å². The van der Waals surface area contributed by atoms with Crippen molar-refractivity contribution in [3.05, 3.63) is 65.7 Å². The monoisotopic (exact) mass is 299 g/mol. The first-order chi connectivity index (χ1) is 10.1. The van der Waals surface area contributed by atoms with E-state index in [-0.39, 0.29) is 11.7 Å². The lowest BCUT2D eigenvalue weighted by Crippen LogP contribution is -2.52. The Balaban J connectivity index is 2.25. The van der Waals surface area contributed by atoms with Crippen LogP contribution < -0.4 is 4.90 Å². The normalized spacial score (nSPS) is 21.3. The van der Waals surface area contributed by atoms with Crippen molar-refractivity contribution in [3.8, 4) is 0 Å². The molecule has 0 aliphatic carbocycles. The summed E-state index contributed by atoms with van der Waals surface area (Å²) in [6.45, 7) is 2.33. The number of amides is 1. The molecule has 0 aromatic heterocycles. The number of likely N-dealkylation sites (N-methyl/N-ethyl adjacent to an activating group) is 1. The van der Waals surface area contributed by atoms with Crippen LogP contribution in [-0.2, 0) is 9.67 Å². The largest absolute Gasteiger partial charge is 0.310 e. The first-order valence-corrected chi connectivity index (χ1v) is 7.18. The molecule has 21 heavy (non-hydrogen) atoms. The molecule has 1 amide bonds. The number of hydrogen-bond donors (Lipinski definition) is 0. The number of halogens is 1. The number of carbonyl (C=O) groups is 2. The van der Waals surface area contributed by atoms with Crippen molar-refractivity contribution >= 4 is 29.0 Å². The van der Waals surface area contributed by atoms with Gasteiger partial charge in [-0.25, -0.2) is 0 Å². The van der Waals surface area contributed by atoms with Crippen molar-refractivity contribution in [3.63, 3.8) is 0 Å². The van der Waals surface area contributed by atoms with Crippen molar-refractivity contribution < 1.29 is 9.59 Å². The summed E-state index contributed by atoms with van der Waals surface area (Å²) in [5.41, 5.74) is 1.62. The van der Waals surface area contributed by atoms with E-state index >= 15 is 0 Å². The summed E-state index contributed by atoms with van der Waals surface area (Å²) in [6.07, 6.45) is 0. The minimum atomic E-state index is -1.67. The predicted octanol–water partition coefficient (Wildman–Crippen LogP) is 3.37. The maximum absolute atomic E-state index is 12.8. The lowest BCUT2D eigenvalue weighted by molar-refractivity contribution is -0.120. The minimum Gasteiger partial charge on any atom is -0.310 e. The second kappa shape index (κ2) is 5.01. The molecule has 4 heteroatoms. The zero-order chi connectivity index (χ0) is 15.0. The average Bonchev–Trinajstić information content (AvgIpc) is 2.54. The Kier molecular flexibility index (Phi) is 3.30. The molecule has 2 aromatic rings. The third kappa shape index (κ3) is 1.88. The van der Waals surface area contributed by atoms with Crippen molar-refractivity contribution in [2.45, 2.75) is 11.8 Å². The van der Waals surface area contributed by atoms with Gasteiger partial charge in [0.15, 0.2) is 5.78 Å². The fourth-order valence-electron chi connectivity index (χ4n) is 2.72. The molecule has 0 fully saturated rings. The van der Waals surface area contributed by atoms with E-state index in [9.17, 15) is 9.59 Å². The Labute approximate surface area is 128 Å². The van der Waals surface area contributed by atoms with Crippen LogP contribution in [0.4, 0.5) is 5.69 Å². The smallest absolute Gasteiger partial charge is 0.260 e. The zero-order valence-electron chi connectivity index (χ0n) is 11.5. The van der Waals surface area contributed by atoms with Gasteiger partial charge in [0.1, 0.15) is 0 Å². The molecule has 1 heterocycles. The number of carbonyl (C=O) groups excluding carboxylic acids is 2. The van der Waals surface area contributed by atoms with Gasteiger partial charge in [-0.1, -0.05) is 54.1 Å². The number of para-hydroxylation sites is 1. The number of rotatable bonds is 2. The van der Waals surface area contributed by atoms with Crippen LogP contribution in [0.2, 0.25) is 0 Å². The number of nitrogens with zero attached hydrogens (tertiary/aromatic N) is 1. The molecular formula is C17H14ClNO2. The van der Waals surface area contributed by atoms with Gasteiger partial charge in [-0.05, 0) is 24.6 Å². The summed E-state index contributed by atoms with van der Waals surface area (Å²) in [5, 5.41) is 0. The molecular weight excluding hydrogens is 286 g/mol. The van der Waals surface area contributed by atoms with Crippen LogP contribution in [-0.4, -0.2) is 18.2 Å². The third-order valence-electron chi connectivity index (χ3n) is 3.78. The molecule has 0 saturated carbocycles. The molecule has 106 valence electrons. The van der Waals surface area contributed by atoms with Crippen LogP contribution in [0, 0.1) is 0 Å². The van der Waals surface area contributed by atoms with Gasteiger partial charge < -0.3 is 4.90 Å². The van der Waals surface area contributed by atoms with Crippen LogP contribution in [0.1, 0.15) is 22.8 Å². The molecule has 0 bridgehead atoms. The van der Waals surface area contributed by atoms with E-state index in [0.29, 0.717) is 23.4 Å². The fourth-order valence-corrected chi connectivity index (χ4v) is 3.05. The standard InChI is InChI=1S/C17H14ClNO2/c1-2-19-14-11-7-6-10-13(14)15(20)17(18,16(19)21)12-8-4-3-5-9-12/h3-11H,2H2,1H3. The maximum Gasteiger partial charge on any atom is 0.260 e. The van der Waals surface area contributed by atoms with Crippen LogP contribution in [0.15, 0.2) is 54.6 Å². The highest BCUT2D eigenvalue weighted by molar-refractivity contribution is 6.51. The highest BCUT2D eigenvalue weighted by atomic mass is 35.5. The number of fused-ring (bicyclic) bond motifs is 1. The van der Waals surface area contributed by atoms with E-state index in [1.165, 1.54) is 0 Å². The lowest BCUT2D eigenvalue weighted by Gasteiger charge is -2.37. The number of Topliss-reactive ketones (excluding diaryl/α,β-unsaturated/α-hetero) is 1. The Morgan fingerprint density at radius 2 is 1.62 bits per heavy atom. The number of benzene rings is 2. The Morgan fingerprint density at radius 1 is 1.00 bits per heavy atom. The van der Waals surface area contributed by atoms with Crippen LogP contribution in [0.3, 0.4) is 0 Å². The molecule has 0 N–H and O–H groups in total. The summed E-state index contributed by atoms with van der Waals surface area (Å²) in [6, 6.07) is 15.9. The van der Waals surface area contributed by atoms with Crippen molar-refractivity contribution in [2.24, 2.45) is 0 Å². The summed E-state index contributed by atoms with van der Waals surface area (Å²) >= 11 is 6.56. The van der Waals surface area contributed by atoms with E-state index in [1.807, 2.05) is 19.1 Å². The first-order valence-electron chi connectivity index (χ1n) is 6.81.